The fourth-order valence-electron chi connectivity index (χ4n) is 5.30. The lowest BCUT2D eigenvalue weighted by molar-refractivity contribution is 0.192. The molecule has 4 aromatic rings. The third-order valence-corrected chi connectivity index (χ3v) is 7.63. The summed E-state index contributed by atoms with van der Waals surface area (Å²) in [6.07, 6.45) is 7.44. The molecule has 1 aromatic heterocycles. The second-order valence-corrected chi connectivity index (χ2v) is 11.2. The number of nitrogens with zero attached hydrogens (tertiary/aromatic N) is 3. The average molecular weight is 556 g/mol. The minimum atomic E-state index is 0.190. The molecule has 1 aliphatic carbocycles. The summed E-state index contributed by atoms with van der Waals surface area (Å²) in [5, 5.41) is 0.190. The van der Waals surface area contributed by atoms with Crippen molar-refractivity contribution >= 4 is 11.6 Å². The number of aryl methyl sites for hydroxylation is 2. The predicted octanol–water partition coefficient (Wildman–Crippen LogP) is 9.08. The van der Waals surface area contributed by atoms with E-state index in [1.165, 1.54) is 43.2 Å². The van der Waals surface area contributed by atoms with Crippen LogP contribution in [0.4, 0.5) is 0 Å². The van der Waals surface area contributed by atoms with Gasteiger partial charge >= 0.3 is 0 Å². The Balaban J connectivity index is 0.000000461. The van der Waals surface area contributed by atoms with Crippen LogP contribution in [0.5, 0.6) is 5.88 Å². The van der Waals surface area contributed by atoms with E-state index in [-0.39, 0.29) is 5.28 Å². The maximum atomic E-state index is 6.25. The monoisotopic (exact) mass is 555 g/mol. The van der Waals surface area contributed by atoms with Crippen LogP contribution in [-0.2, 0) is 13.1 Å². The van der Waals surface area contributed by atoms with Gasteiger partial charge in [0.1, 0.15) is 6.61 Å². The van der Waals surface area contributed by atoms with Crippen molar-refractivity contribution in [3.63, 3.8) is 0 Å². The lowest BCUT2D eigenvalue weighted by atomic mass is 9.91. The van der Waals surface area contributed by atoms with Crippen LogP contribution in [0, 0.1) is 19.8 Å². The lowest BCUT2D eigenvalue weighted by Crippen LogP contribution is -2.28. The zero-order chi connectivity index (χ0) is 28.2. The van der Waals surface area contributed by atoms with Gasteiger partial charge in [0.05, 0.1) is 5.69 Å². The molecule has 1 heterocycles. The molecule has 0 radical (unpaired) electrons. The van der Waals surface area contributed by atoms with Crippen molar-refractivity contribution in [2.45, 2.75) is 66.0 Å². The molecule has 0 N–H and O–H groups in total. The fourth-order valence-corrected chi connectivity index (χ4v) is 5.47. The highest BCUT2D eigenvalue weighted by Gasteiger charge is 2.13. The number of hydrogen-bond donors (Lipinski definition) is 0. The highest BCUT2D eigenvalue weighted by molar-refractivity contribution is 6.28. The van der Waals surface area contributed by atoms with E-state index in [9.17, 15) is 0 Å². The van der Waals surface area contributed by atoms with Crippen LogP contribution in [0.15, 0.2) is 84.9 Å². The summed E-state index contributed by atoms with van der Waals surface area (Å²) in [5.74, 6) is 1.53. The summed E-state index contributed by atoms with van der Waals surface area (Å²) in [5.41, 5.74) is 6.69. The van der Waals surface area contributed by atoms with Crippen LogP contribution in [0.25, 0.3) is 11.3 Å². The van der Waals surface area contributed by atoms with Gasteiger partial charge in [0, 0.05) is 31.3 Å². The Morgan fingerprint density at radius 1 is 0.775 bits per heavy atom. The van der Waals surface area contributed by atoms with Crippen molar-refractivity contribution in [1.29, 1.82) is 0 Å². The molecule has 0 amide bonds. The Morgan fingerprint density at radius 2 is 1.35 bits per heavy atom. The zero-order valence-electron chi connectivity index (χ0n) is 24.2. The highest BCUT2D eigenvalue weighted by atomic mass is 35.5. The summed E-state index contributed by atoms with van der Waals surface area (Å²) in [6, 6.07) is 29.1. The third-order valence-electron chi connectivity index (χ3n) is 7.46. The van der Waals surface area contributed by atoms with E-state index in [0.29, 0.717) is 12.5 Å². The highest BCUT2D eigenvalue weighted by Crippen LogP contribution is 2.28. The van der Waals surface area contributed by atoms with E-state index in [4.69, 9.17) is 16.3 Å². The predicted molar refractivity (Wildman–Crippen MR) is 167 cm³/mol. The lowest BCUT2D eigenvalue weighted by Gasteiger charge is -2.22. The SMILES string of the molecule is CC1CCCCC1.Cc1cccc(C)c1-c1cc(OCCN(Cc2ccccc2)Cc2ccccc2)nc(Cl)n1. The first-order valence-corrected chi connectivity index (χ1v) is 14.9. The number of aromatic nitrogens is 2. The Kier molecular flexibility index (Phi) is 11.6. The van der Waals surface area contributed by atoms with Crippen LogP contribution < -0.4 is 4.74 Å². The summed E-state index contributed by atoms with van der Waals surface area (Å²) in [4.78, 5) is 11.1. The second-order valence-electron chi connectivity index (χ2n) is 10.9. The van der Waals surface area contributed by atoms with E-state index in [1.807, 2.05) is 24.3 Å². The summed E-state index contributed by atoms with van der Waals surface area (Å²) < 4.78 is 6.06. The third kappa shape index (κ3) is 9.46. The van der Waals surface area contributed by atoms with Crippen LogP contribution in [0.2, 0.25) is 5.28 Å². The van der Waals surface area contributed by atoms with Crippen molar-refractivity contribution < 1.29 is 4.74 Å². The maximum absolute atomic E-state index is 6.25. The molecule has 1 aliphatic rings. The number of rotatable bonds is 9. The topological polar surface area (TPSA) is 38.2 Å². The number of hydrogen-bond acceptors (Lipinski definition) is 4. The molecule has 1 fully saturated rings. The van der Waals surface area contributed by atoms with Crippen molar-refractivity contribution in [3.8, 4) is 17.1 Å². The van der Waals surface area contributed by atoms with Gasteiger partial charge in [0.2, 0.25) is 11.2 Å². The maximum Gasteiger partial charge on any atom is 0.226 e. The number of halogens is 1. The molecule has 5 rings (SSSR count). The molecule has 40 heavy (non-hydrogen) atoms. The van der Waals surface area contributed by atoms with E-state index >= 15 is 0 Å². The normalized spacial score (nSPS) is 13.5. The zero-order valence-corrected chi connectivity index (χ0v) is 24.9. The molecule has 3 aromatic carbocycles. The second kappa shape index (κ2) is 15.5. The van der Waals surface area contributed by atoms with Gasteiger partial charge in [-0.2, -0.15) is 4.98 Å². The van der Waals surface area contributed by atoms with Crippen molar-refractivity contribution in [1.82, 2.24) is 14.9 Å². The molecule has 4 nitrogen and oxygen atoms in total. The molecule has 5 heteroatoms. The largest absolute Gasteiger partial charge is 0.476 e. The Hall–Kier alpha value is -3.21. The van der Waals surface area contributed by atoms with Gasteiger partial charge in [-0.15, -0.1) is 0 Å². The van der Waals surface area contributed by atoms with E-state index in [1.54, 1.807) is 0 Å². The standard InChI is InChI=1S/C28H28ClN3O.C7H14/c1-21-10-9-11-22(2)27(21)25-18-26(31-28(29)30-25)33-17-16-32(19-23-12-5-3-6-13-23)20-24-14-7-4-8-15-24;1-7-5-3-2-4-6-7/h3-15,18H,16-17,19-20H2,1-2H3;7H,2-6H2,1H3. The molecule has 0 spiro atoms. The number of benzene rings is 3. The van der Waals surface area contributed by atoms with Crippen molar-refractivity contribution in [3.05, 3.63) is 112 Å². The van der Waals surface area contributed by atoms with Crippen LogP contribution in [0.3, 0.4) is 0 Å². The van der Waals surface area contributed by atoms with Gasteiger partial charge in [-0.05, 0) is 53.6 Å². The molecular formula is C35H42ClN3O. The Morgan fingerprint density at radius 3 is 1.88 bits per heavy atom. The molecule has 0 bridgehead atoms. The summed E-state index contributed by atoms with van der Waals surface area (Å²) in [6.45, 7) is 9.45. The van der Waals surface area contributed by atoms with Gasteiger partial charge in [0.15, 0.2) is 0 Å². The van der Waals surface area contributed by atoms with Crippen LogP contribution >= 0.6 is 11.6 Å². The molecular weight excluding hydrogens is 514 g/mol. The minimum absolute atomic E-state index is 0.190. The van der Waals surface area contributed by atoms with Gasteiger partial charge in [-0.25, -0.2) is 4.98 Å². The Bertz CT molecular complexity index is 1250. The van der Waals surface area contributed by atoms with Gasteiger partial charge in [0.25, 0.3) is 0 Å². The molecule has 210 valence electrons. The first-order chi connectivity index (χ1) is 19.5. The van der Waals surface area contributed by atoms with E-state index in [0.717, 1.165) is 47.9 Å². The smallest absolute Gasteiger partial charge is 0.226 e. The Labute approximate surface area is 245 Å². The molecule has 0 aliphatic heterocycles. The first kappa shape index (κ1) is 29.8. The van der Waals surface area contributed by atoms with Crippen molar-refractivity contribution in [2.24, 2.45) is 5.92 Å². The van der Waals surface area contributed by atoms with Gasteiger partial charge < -0.3 is 4.74 Å². The number of ether oxygens (including phenoxy) is 1. The minimum Gasteiger partial charge on any atom is -0.476 e. The van der Waals surface area contributed by atoms with Gasteiger partial charge in [-0.1, -0.05) is 118 Å². The summed E-state index contributed by atoms with van der Waals surface area (Å²) >= 11 is 6.25. The van der Waals surface area contributed by atoms with Crippen LogP contribution in [-0.4, -0.2) is 28.0 Å². The first-order valence-electron chi connectivity index (χ1n) is 14.5. The molecule has 0 saturated heterocycles. The summed E-state index contributed by atoms with van der Waals surface area (Å²) in [7, 11) is 0. The van der Waals surface area contributed by atoms with Crippen molar-refractivity contribution in [2.75, 3.05) is 13.2 Å². The van der Waals surface area contributed by atoms with Gasteiger partial charge in [-0.3, -0.25) is 4.90 Å². The molecule has 1 saturated carbocycles. The van der Waals surface area contributed by atoms with Crippen LogP contribution in [0.1, 0.15) is 61.3 Å². The van der Waals surface area contributed by atoms with E-state index < -0.39 is 0 Å². The average Bonchev–Trinajstić information content (AvgIpc) is 2.95. The molecule has 0 unspecified atom stereocenters. The molecule has 0 atom stereocenters. The van der Waals surface area contributed by atoms with E-state index in [2.05, 4.69) is 96.3 Å². The fraction of sp³-hybridized carbons (Fsp3) is 0.371. The quantitative estimate of drug-likeness (QED) is 0.193.